The second-order valence-corrected chi connectivity index (χ2v) is 7.97. The van der Waals surface area contributed by atoms with E-state index in [1.54, 1.807) is 32.0 Å². The van der Waals surface area contributed by atoms with Gasteiger partial charge in [0.15, 0.2) is 11.5 Å². The molecule has 0 aromatic heterocycles. The molecule has 0 bridgehead atoms. The number of anilines is 1. The molecule has 0 aliphatic carbocycles. The van der Waals surface area contributed by atoms with Crippen molar-refractivity contribution in [3.63, 3.8) is 0 Å². The zero-order valence-electron chi connectivity index (χ0n) is 15.4. The molecule has 1 aliphatic heterocycles. The number of esters is 1. The van der Waals surface area contributed by atoms with E-state index < -0.39 is 16.0 Å². The van der Waals surface area contributed by atoms with Gasteiger partial charge in [0.05, 0.1) is 22.8 Å². The monoisotopic (exact) mass is 391 g/mol. The average molecular weight is 391 g/mol. The molecule has 0 unspecified atom stereocenters. The van der Waals surface area contributed by atoms with E-state index in [0.29, 0.717) is 41.5 Å². The van der Waals surface area contributed by atoms with E-state index in [1.165, 1.54) is 25.2 Å². The Morgan fingerprint density at radius 2 is 1.81 bits per heavy atom. The number of carbonyl (C=O) groups is 1. The number of nitrogens with zero attached hydrogens (tertiary/aromatic N) is 1. The SMILES string of the molecule is CCOC(=O)c1ccc(C)c(N(C)S(=O)(=O)c2ccc3c(c2)OCCO3)c1. The van der Waals surface area contributed by atoms with Crippen LogP contribution in [0.15, 0.2) is 41.3 Å². The quantitative estimate of drug-likeness (QED) is 0.729. The van der Waals surface area contributed by atoms with Gasteiger partial charge in [0.2, 0.25) is 0 Å². The minimum atomic E-state index is -3.86. The number of carbonyl (C=O) groups excluding carboxylic acids is 1. The first-order chi connectivity index (χ1) is 12.8. The Labute approximate surface area is 158 Å². The molecule has 1 aliphatic rings. The summed E-state index contributed by atoms with van der Waals surface area (Å²) < 4.78 is 43.2. The third-order valence-electron chi connectivity index (χ3n) is 4.23. The lowest BCUT2D eigenvalue weighted by Crippen LogP contribution is -2.28. The summed E-state index contributed by atoms with van der Waals surface area (Å²) >= 11 is 0. The molecule has 27 heavy (non-hydrogen) atoms. The molecule has 3 rings (SSSR count). The van der Waals surface area contributed by atoms with Gasteiger partial charge in [-0.15, -0.1) is 0 Å². The van der Waals surface area contributed by atoms with Crippen LogP contribution < -0.4 is 13.8 Å². The topological polar surface area (TPSA) is 82.1 Å². The molecular formula is C19H21NO6S. The molecule has 0 radical (unpaired) electrons. The largest absolute Gasteiger partial charge is 0.486 e. The first-order valence-electron chi connectivity index (χ1n) is 8.51. The maximum atomic E-state index is 13.1. The normalized spacial score (nSPS) is 13.1. The Morgan fingerprint density at radius 3 is 2.52 bits per heavy atom. The maximum absolute atomic E-state index is 13.1. The smallest absolute Gasteiger partial charge is 0.338 e. The second kappa shape index (κ2) is 7.48. The summed E-state index contributed by atoms with van der Waals surface area (Å²) in [6.45, 7) is 4.53. The molecule has 0 saturated carbocycles. The Balaban J connectivity index is 1.98. The van der Waals surface area contributed by atoms with E-state index in [9.17, 15) is 13.2 Å². The van der Waals surface area contributed by atoms with Crippen molar-refractivity contribution in [3.8, 4) is 11.5 Å². The van der Waals surface area contributed by atoms with Crippen LogP contribution in [0.2, 0.25) is 0 Å². The van der Waals surface area contributed by atoms with Crippen molar-refractivity contribution in [2.75, 3.05) is 31.2 Å². The molecule has 144 valence electrons. The highest BCUT2D eigenvalue weighted by molar-refractivity contribution is 7.92. The standard InChI is InChI=1S/C19H21NO6S/c1-4-24-19(21)14-6-5-13(2)16(11-14)20(3)27(22,23)15-7-8-17-18(12-15)26-10-9-25-17/h5-8,11-12H,4,9-10H2,1-3H3. The highest BCUT2D eigenvalue weighted by Gasteiger charge is 2.26. The summed E-state index contributed by atoms with van der Waals surface area (Å²) in [4.78, 5) is 12.1. The Kier molecular flexibility index (Phi) is 5.27. The van der Waals surface area contributed by atoms with Gasteiger partial charge in [-0.05, 0) is 43.7 Å². The fourth-order valence-electron chi connectivity index (χ4n) is 2.76. The van der Waals surface area contributed by atoms with Crippen molar-refractivity contribution in [2.45, 2.75) is 18.7 Å². The van der Waals surface area contributed by atoms with Gasteiger partial charge in [-0.1, -0.05) is 6.07 Å². The summed E-state index contributed by atoms with van der Waals surface area (Å²) in [7, 11) is -2.41. The molecule has 0 N–H and O–H groups in total. The third kappa shape index (κ3) is 3.71. The van der Waals surface area contributed by atoms with Gasteiger partial charge in [0, 0.05) is 13.1 Å². The number of sulfonamides is 1. The summed E-state index contributed by atoms with van der Waals surface area (Å²) in [5.41, 5.74) is 1.41. The summed E-state index contributed by atoms with van der Waals surface area (Å²) in [5.74, 6) is 0.417. The fraction of sp³-hybridized carbons (Fsp3) is 0.316. The molecular weight excluding hydrogens is 370 g/mol. The van der Waals surface area contributed by atoms with Crippen LogP contribution in [-0.2, 0) is 14.8 Å². The zero-order valence-corrected chi connectivity index (χ0v) is 16.2. The average Bonchev–Trinajstić information content (AvgIpc) is 2.67. The number of aryl methyl sites for hydroxylation is 1. The molecule has 0 spiro atoms. The Morgan fingerprint density at radius 1 is 1.11 bits per heavy atom. The minimum absolute atomic E-state index is 0.0789. The molecule has 7 nitrogen and oxygen atoms in total. The fourth-order valence-corrected chi connectivity index (χ4v) is 4.03. The van der Waals surface area contributed by atoms with E-state index in [0.717, 1.165) is 4.31 Å². The second-order valence-electron chi connectivity index (χ2n) is 6.00. The predicted octanol–water partition coefficient (Wildman–Crippen LogP) is 2.77. The van der Waals surface area contributed by atoms with E-state index in [1.807, 2.05) is 0 Å². The summed E-state index contributed by atoms with van der Waals surface area (Å²) in [6.07, 6.45) is 0. The Hall–Kier alpha value is -2.74. The van der Waals surface area contributed by atoms with Gasteiger partial charge in [0.25, 0.3) is 10.0 Å². The van der Waals surface area contributed by atoms with Crippen LogP contribution in [0.1, 0.15) is 22.8 Å². The molecule has 0 fully saturated rings. The molecule has 8 heteroatoms. The number of benzene rings is 2. The summed E-state index contributed by atoms with van der Waals surface area (Å²) in [6, 6.07) is 9.33. The van der Waals surface area contributed by atoms with Crippen molar-refractivity contribution < 1.29 is 27.4 Å². The molecule has 0 amide bonds. The predicted molar refractivity (Wildman–Crippen MR) is 100 cm³/mol. The zero-order chi connectivity index (χ0) is 19.6. The van der Waals surface area contributed by atoms with Crippen molar-refractivity contribution in [2.24, 2.45) is 0 Å². The minimum Gasteiger partial charge on any atom is -0.486 e. The number of hydrogen-bond acceptors (Lipinski definition) is 6. The van der Waals surface area contributed by atoms with Crippen molar-refractivity contribution >= 4 is 21.7 Å². The van der Waals surface area contributed by atoms with Crippen molar-refractivity contribution in [3.05, 3.63) is 47.5 Å². The molecule has 2 aromatic carbocycles. The lowest BCUT2D eigenvalue weighted by atomic mass is 10.1. The van der Waals surface area contributed by atoms with E-state index >= 15 is 0 Å². The third-order valence-corrected chi connectivity index (χ3v) is 6.00. The van der Waals surface area contributed by atoms with Gasteiger partial charge in [-0.25, -0.2) is 13.2 Å². The van der Waals surface area contributed by atoms with Crippen molar-refractivity contribution in [1.82, 2.24) is 0 Å². The van der Waals surface area contributed by atoms with Gasteiger partial charge < -0.3 is 14.2 Å². The Bertz CT molecular complexity index is 970. The molecule has 1 heterocycles. The van der Waals surface area contributed by atoms with Crippen LogP contribution in [0.3, 0.4) is 0 Å². The lowest BCUT2D eigenvalue weighted by molar-refractivity contribution is 0.0526. The lowest BCUT2D eigenvalue weighted by Gasteiger charge is -2.23. The first kappa shape index (κ1) is 19.0. The number of rotatable bonds is 5. The van der Waals surface area contributed by atoms with Crippen molar-refractivity contribution in [1.29, 1.82) is 0 Å². The van der Waals surface area contributed by atoms with Crippen LogP contribution >= 0.6 is 0 Å². The van der Waals surface area contributed by atoms with Gasteiger partial charge in [0.1, 0.15) is 13.2 Å². The highest BCUT2D eigenvalue weighted by atomic mass is 32.2. The van der Waals surface area contributed by atoms with Gasteiger partial charge in [-0.3, -0.25) is 4.31 Å². The number of hydrogen-bond donors (Lipinski definition) is 0. The van der Waals surface area contributed by atoms with E-state index in [2.05, 4.69) is 0 Å². The molecule has 0 atom stereocenters. The van der Waals surface area contributed by atoms with Gasteiger partial charge in [-0.2, -0.15) is 0 Å². The molecule has 2 aromatic rings. The number of ether oxygens (including phenoxy) is 3. The van der Waals surface area contributed by atoms with E-state index in [-0.39, 0.29) is 11.5 Å². The van der Waals surface area contributed by atoms with Crippen LogP contribution in [0, 0.1) is 6.92 Å². The first-order valence-corrected chi connectivity index (χ1v) is 9.95. The van der Waals surface area contributed by atoms with Crippen LogP contribution in [-0.4, -0.2) is 41.3 Å². The number of fused-ring (bicyclic) bond motifs is 1. The molecule has 0 saturated heterocycles. The summed E-state index contributed by atoms with van der Waals surface area (Å²) in [5, 5.41) is 0. The van der Waals surface area contributed by atoms with Crippen LogP contribution in [0.4, 0.5) is 5.69 Å². The van der Waals surface area contributed by atoms with E-state index in [4.69, 9.17) is 14.2 Å². The van der Waals surface area contributed by atoms with Crippen LogP contribution in [0.5, 0.6) is 11.5 Å². The maximum Gasteiger partial charge on any atom is 0.338 e. The highest BCUT2D eigenvalue weighted by Crippen LogP contribution is 2.34. The van der Waals surface area contributed by atoms with Crippen LogP contribution in [0.25, 0.3) is 0 Å². The van der Waals surface area contributed by atoms with Gasteiger partial charge >= 0.3 is 5.97 Å².